The zero-order chi connectivity index (χ0) is 15.7. The standard InChI is InChI=1S/C15H18ClN5O/c1-10-14(15(22)20-8-4-5-11(20)9-17)18-19-21(10)13-7-3-2-6-12(13)16/h2-3,6-7,11H,4-5,8-9,17H2,1H3/t11-/m1/s1. The van der Waals surface area contributed by atoms with Crippen molar-refractivity contribution in [3.05, 3.63) is 40.7 Å². The summed E-state index contributed by atoms with van der Waals surface area (Å²) in [7, 11) is 0. The van der Waals surface area contributed by atoms with Crippen molar-refractivity contribution >= 4 is 17.5 Å². The molecule has 1 aliphatic rings. The Morgan fingerprint density at radius 2 is 2.23 bits per heavy atom. The van der Waals surface area contributed by atoms with Crippen LogP contribution in [0, 0.1) is 6.92 Å². The number of likely N-dealkylation sites (tertiary alicyclic amines) is 1. The zero-order valence-electron chi connectivity index (χ0n) is 12.4. The fraction of sp³-hybridized carbons (Fsp3) is 0.400. The molecule has 3 rings (SSSR count). The number of aromatic nitrogens is 3. The lowest BCUT2D eigenvalue weighted by atomic mass is 10.2. The lowest BCUT2D eigenvalue weighted by Crippen LogP contribution is -2.40. The maximum Gasteiger partial charge on any atom is 0.276 e. The van der Waals surface area contributed by atoms with Crippen LogP contribution in [0.25, 0.3) is 5.69 Å². The van der Waals surface area contributed by atoms with Crippen LogP contribution in [0.4, 0.5) is 0 Å². The zero-order valence-corrected chi connectivity index (χ0v) is 13.1. The molecule has 1 aliphatic heterocycles. The van der Waals surface area contributed by atoms with Gasteiger partial charge in [0.25, 0.3) is 5.91 Å². The van der Waals surface area contributed by atoms with Gasteiger partial charge in [0.05, 0.1) is 16.4 Å². The Hall–Kier alpha value is -1.92. The lowest BCUT2D eigenvalue weighted by Gasteiger charge is -2.22. The molecule has 1 fully saturated rings. The number of carbonyl (C=O) groups is 1. The van der Waals surface area contributed by atoms with Gasteiger partial charge in [-0.2, -0.15) is 0 Å². The summed E-state index contributed by atoms with van der Waals surface area (Å²) < 4.78 is 1.60. The second kappa shape index (κ2) is 6.06. The summed E-state index contributed by atoms with van der Waals surface area (Å²) in [4.78, 5) is 14.5. The molecule has 1 atom stereocenters. The first-order valence-electron chi connectivity index (χ1n) is 7.31. The summed E-state index contributed by atoms with van der Waals surface area (Å²) >= 11 is 6.19. The number of para-hydroxylation sites is 1. The summed E-state index contributed by atoms with van der Waals surface area (Å²) in [6.45, 7) is 3.02. The Morgan fingerprint density at radius 1 is 1.45 bits per heavy atom. The van der Waals surface area contributed by atoms with E-state index in [0.29, 0.717) is 28.6 Å². The van der Waals surface area contributed by atoms with Crippen molar-refractivity contribution < 1.29 is 4.79 Å². The van der Waals surface area contributed by atoms with Crippen molar-refractivity contribution in [2.45, 2.75) is 25.8 Å². The van der Waals surface area contributed by atoms with Gasteiger partial charge in [-0.15, -0.1) is 5.10 Å². The minimum Gasteiger partial charge on any atom is -0.333 e. The van der Waals surface area contributed by atoms with Crippen LogP contribution in [0.1, 0.15) is 29.0 Å². The summed E-state index contributed by atoms with van der Waals surface area (Å²) in [6.07, 6.45) is 1.92. The molecular formula is C15H18ClN5O. The van der Waals surface area contributed by atoms with E-state index in [-0.39, 0.29) is 11.9 Å². The Morgan fingerprint density at radius 3 is 2.95 bits per heavy atom. The largest absolute Gasteiger partial charge is 0.333 e. The topological polar surface area (TPSA) is 77.0 Å². The van der Waals surface area contributed by atoms with Crippen LogP contribution >= 0.6 is 11.6 Å². The maximum atomic E-state index is 12.7. The predicted octanol–water partition coefficient (Wildman–Crippen LogP) is 1.79. The van der Waals surface area contributed by atoms with Crippen LogP contribution in [0.3, 0.4) is 0 Å². The Labute approximate surface area is 133 Å². The predicted molar refractivity (Wildman–Crippen MR) is 84.2 cm³/mol. The molecule has 2 aromatic rings. The number of nitrogens with zero attached hydrogens (tertiary/aromatic N) is 4. The third kappa shape index (κ3) is 2.48. The third-order valence-electron chi connectivity index (χ3n) is 4.09. The van der Waals surface area contributed by atoms with Gasteiger partial charge in [0, 0.05) is 19.1 Å². The van der Waals surface area contributed by atoms with E-state index in [1.165, 1.54) is 0 Å². The first kappa shape index (κ1) is 15.0. The molecule has 1 aromatic heterocycles. The molecule has 0 aliphatic carbocycles. The van der Waals surface area contributed by atoms with E-state index < -0.39 is 0 Å². The maximum absolute atomic E-state index is 12.7. The number of benzene rings is 1. The second-order valence-corrected chi connectivity index (χ2v) is 5.82. The Balaban J connectivity index is 1.94. The first-order valence-corrected chi connectivity index (χ1v) is 7.69. The number of halogens is 1. The van der Waals surface area contributed by atoms with E-state index >= 15 is 0 Å². The van der Waals surface area contributed by atoms with Gasteiger partial charge in [0.2, 0.25) is 0 Å². The van der Waals surface area contributed by atoms with Crippen LogP contribution in [-0.2, 0) is 0 Å². The SMILES string of the molecule is Cc1c(C(=O)N2CCC[C@@H]2CN)nnn1-c1ccccc1Cl. The van der Waals surface area contributed by atoms with Crippen LogP contribution in [-0.4, -0.2) is 44.9 Å². The van der Waals surface area contributed by atoms with Gasteiger partial charge in [-0.05, 0) is 31.9 Å². The number of rotatable bonds is 3. The van der Waals surface area contributed by atoms with Crippen LogP contribution in [0.15, 0.2) is 24.3 Å². The van der Waals surface area contributed by atoms with Crippen molar-refractivity contribution in [3.8, 4) is 5.69 Å². The van der Waals surface area contributed by atoms with Gasteiger partial charge in [0.1, 0.15) is 0 Å². The fourth-order valence-electron chi connectivity index (χ4n) is 2.86. The first-order chi connectivity index (χ1) is 10.6. The van der Waals surface area contributed by atoms with Gasteiger partial charge >= 0.3 is 0 Å². The highest BCUT2D eigenvalue weighted by molar-refractivity contribution is 6.32. The molecule has 0 unspecified atom stereocenters. The summed E-state index contributed by atoms with van der Waals surface area (Å²) in [5.41, 5.74) is 7.50. The monoisotopic (exact) mass is 319 g/mol. The summed E-state index contributed by atoms with van der Waals surface area (Å²) in [6, 6.07) is 7.44. The Bertz CT molecular complexity index is 699. The third-order valence-corrected chi connectivity index (χ3v) is 4.41. The van der Waals surface area contributed by atoms with Gasteiger partial charge in [-0.25, -0.2) is 4.68 Å². The van der Waals surface area contributed by atoms with E-state index in [4.69, 9.17) is 17.3 Å². The highest BCUT2D eigenvalue weighted by Gasteiger charge is 2.31. The lowest BCUT2D eigenvalue weighted by molar-refractivity contribution is 0.0734. The van der Waals surface area contributed by atoms with E-state index in [1.54, 1.807) is 15.6 Å². The molecule has 1 aromatic carbocycles. The molecule has 2 N–H and O–H groups in total. The van der Waals surface area contributed by atoms with Crippen LogP contribution < -0.4 is 5.73 Å². The normalized spacial score (nSPS) is 18.0. The molecule has 7 heteroatoms. The molecule has 0 radical (unpaired) electrons. The number of hydrogen-bond acceptors (Lipinski definition) is 4. The number of nitrogens with two attached hydrogens (primary N) is 1. The molecule has 6 nitrogen and oxygen atoms in total. The second-order valence-electron chi connectivity index (χ2n) is 5.42. The molecule has 0 bridgehead atoms. The number of amides is 1. The van der Waals surface area contributed by atoms with Crippen molar-refractivity contribution in [3.63, 3.8) is 0 Å². The Kier molecular flexibility index (Phi) is 4.13. The van der Waals surface area contributed by atoms with Crippen molar-refractivity contribution in [2.24, 2.45) is 5.73 Å². The minimum atomic E-state index is -0.108. The number of hydrogen-bond donors (Lipinski definition) is 1. The molecule has 116 valence electrons. The van der Waals surface area contributed by atoms with E-state index in [9.17, 15) is 4.79 Å². The van der Waals surface area contributed by atoms with Crippen molar-refractivity contribution in [2.75, 3.05) is 13.1 Å². The van der Waals surface area contributed by atoms with E-state index in [0.717, 1.165) is 19.4 Å². The van der Waals surface area contributed by atoms with Gasteiger partial charge in [-0.3, -0.25) is 4.79 Å². The van der Waals surface area contributed by atoms with Gasteiger partial charge < -0.3 is 10.6 Å². The minimum absolute atomic E-state index is 0.0948. The quantitative estimate of drug-likeness (QED) is 0.935. The number of carbonyl (C=O) groups excluding carboxylic acids is 1. The smallest absolute Gasteiger partial charge is 0.276 e. The van der Waals surface area contributed by atoms with Gasteiger partial charge in [0.15, 0.2) is 5.69 Å². The summed E-state index contributed by atoms with van der Waals surface area (Å²) in [5, 5.41) is 8.73. The van der Waals surface area contributed by atoms with Gasteiger partial charge in [-0.1, -0.05) is 28.9 Å². The molecular weight excluding hydrogens is 302 g/mol. The molecule has 0 saturated carbocycles. The highest BCUT2D eigenvalue weighted by Crippen LogP contribution is 2.23. The average molecular weight is 320 g/mol. The molecule has 0 spiro atoms. The van der Waals surface area contributed by atoms with E-state index in [2.05, 4.69) is 10.3 Å². The van der Waals surface area contributed by atoms with Crippen LogP contribution in [0.5, 0.6) is 0 Å². The molecule has 1 saturated heterocycles. The molecule has 22 heavy (non-hydrogen) atoms. The van der Waals surface area contributed by atoms with Crippen molar-refractivity contribution in [1.29, 1.82) is 0 Å². The molecule has 1 amide bonds. The van der Waals surface area contributed by atoms with E-state index in [1.807, 2.05) is 25.1 Å². The molecule has 2 heterocycles. The van der Waals surface area contributed by atoms with Crippen molar-refractivity contribution in [1.82, 2.24) is 19.9 Å². The fourth-order valence-corrected chi connectivity index (χ4v) is 3.08. The highest BCUT2D eigenvalue weighted by atomic mass is 35.5. The van der Waals surface area contributed by atoms with Crippen LogP contribution in [0.2, 0.25) is 5.02 Å². The average Bonchev–Trinajstić information content (AvgIpc) is 3.14. The summed E-state index contributed by atoms with van der Waals surface area (Å²) in [5.74, 6) is -0.108.